The molecule has 1 amide bonds. The van der Waals surface area contributed by atoms with Crippen molar-refractivity contribution in [1.29, 1.82) is 0 Å². The first-order chi connectivity index (χ1) is 15.4. The zero-order valence-corrected chi connectivity index (χ0v) is 19.3. The van der Waals surface area contributed by atoms with E-state index in [-0.39, 0.29) is 10.5 Å². The predicted molar refractivity (Wildman–Crippen MR) is 132 cm³/mol. The van der Waals surface area contributed by atoms with Crippen LogP contribution < -0.4 is 15.4 Å². The molecule has 0 atom stereocenters. The zero-order valence-electron chi connectivity index (χ0n) is 17.7. The molecule has 0 aliphatic carbocycles. The maximum absolute atomic E-state index is 12.5. The summed E-state index contributed by atoms with van der Waals surface area (Å²) in [6.45, 7) is 2.17. The molecule has 3 N–H and O–H groups in total. The number of aryl methyl sites for hydroxylation is 1. The maximum Gasteiger partial charge on any atom is 0.264 e. The first-order valence-corrected chi connectivity index (χ1v) is 12.2. The van der Waals surface area contributed by atoms with Crippen LogP contribution in [0.2, 0.25) is 0 Å². The molecule has 3 rings (SSSR count). The number of amides is 1. The molecule has 0 aromatic heterocycles. The molecule has 0 aliphatic rings. The Hall–Kier alpha value is -3.23. The lowest BCUT2D eigenvalue weighted by molar-refractivity contribution is 0.0981. The van der Waals surface area contributed by atoms with Crippen molar-refractivity contribution in [3.05, 3.63) is 90.0 Å². The van der Waals surface area contributed by atoms with Gasteiger partial charge in [-0.25, -0.2) is 13.1 Å². The Balaban J connectivity index is 1.57. The van der Waals surface area contributed by atoms with E-state index in [1.807, 2.05) is 12.1 Å². The lowest BCUT2D eigenvalue weighted by Gasteiger charge is -2.12. The van der Waals surface area contributed by atoms with E-state index < -0.39 is 15.9 Å². The van der Waals surface area contributed by atoms with Crippen molar-refractivity contribution in [1.82, 2.24) is 4.72 Å². The summed E-state index contributed by atoms with van der Waals surface area (Å²) in [4.78, 5) is 12.1. The van der Waals surface area contributed by atoms with Gasteiger partial charge in [-0.05, 0) is 79.2 Å². The van der Waals surface area contributed by atoms with Gasteiger partial charge in [-0.1, -0.05) is 43.7 Å². The van der Waals surface area contributed by atoms with E-state index >= 15 is 0 Å². The van der Waals surface area contributed by atoms with Crippen LogP contribution in [-0.2, 0) is 16.4 Å². The van der Waals surface area contributed by atoms with Gasteiger partial charge in [0.25, 0.3) is 15.9 Å². The van der Waals surface area contributed by atoms with Crippen LogP contribution in [0.4, 0.5) is 11.4 Å². The number of unbranched alkanes of at least 4 members (excludes halogenated alkanes) is 1. The molecule has 3 aromatic carbocycles. The number of benzene rings is 3. The number of thiocarbonyl (C=S) groups is 1. The number of carbonyl (C=O) groups is 1. The third-order valence-electron chi connectivity index (χ3n) is 4.72. The van der Waals surface area contributed by atoms with Gasteiger partial charge in [0.1, 0.15) is 0 Å². The fourth-order valence-electron chi connectivity index (χ4n) is 2.98. The molecule has 0 saturated heterocycles. The molecule has 0 saturated carbocycles. The number of hydrogen-bond acceptors (Lipinski definition) is 4. The highest BCUT2D eigenvalue weighted by atomic mass is 32.2. The molecule has 0 radical (unpaired) electrons. The van der Waals surface area contributed by atoms with Crippen molar-refractivity contribution in [2.24, 2.45) is 0 Å². The third-order valence-corrected chi connectivity index (χ3v) is 6.27. The number of hydrogen-bond donors (Lipinski definition) is 3. The van der Waals surface area contributed by atoms with E-state index in [2.05, 4.69) is 34.4 Å². The average Bonchev–Trinajstić information content (AvgIpc) is 2.79. The van der Waals surface area contributed by atoms with Gasteiger partial charge in [-0.3, -0.25) is 4.79 Å². The van der Waals surface area contributed by atoms with Crippen molar-refractivity contribution >= 4 is 44.6 Å². The number of rotatable bonds is 8. The van der Waals surface area contributed by atoms with Gasteiger partial charge in [-0.15, -0.1) is 0 Å². The van der Waals surface area contributed by atoms with E-state index in [0.29, 0.717) is 10.8 Å². The summed E-state index contributed by atoms with van der Waals surface area (Å²) >= 11 is 5.34. The topological polar surface area (TPSA) is 87.3 Å². The van der Waals surface area contributed by atoms with Gasteiger partial charge in [0.15, 0.2) is 5.11 Å². The number of sulfonamides is 1. The van der Waals surface area contributed by atoms with Crippen molar-refractivity contribution in [2.45, 2.75) is 31.1 Å². The Labute approximate surface area is 194 Å². The highest BCUT2D eigenvalue weighted by Gasteiger charge is 2.18. The van der Waals surface area contributed by atoms with Crippen LogP contribution in [0.25, 0.3) is 0 Å². The third kappa shape index (κ3) is 6.63. The van der Waals surface area contributed by atoms with Crippen LogP contribution in [0.1, 0.15) is 35.7 Å². The fraction of sp³-hybridized carbons (Fsp3) is 0.167. The van der Waals surface area contributed by atoms with Crippen LogP contribution in [0.3, 0.4) is 0 Å². The molecule has 6 nitrogen and oxygen atoms in total. The molecular weight excluding hydrogens is 442 g/mol. The number of carbonyl (C=O) groups excluding carboxylic acids is 1. The lowest BCUT2D eigenvalue weighted by atomic mass is 10.1. The van der Waals surface area contributed by atoms with Gasteiger partial charge in [0.05, 0.1) is 4.90 Å². The first kappa shape index (κ1) is 23.4. The molecule has 0 bridgehead atoms. The Morgan fingerprint density at radius 2 is 1.41 bits per heavy atom. The number of nitrogens with one attached hydrogen (secondary N) is 3. The van der Waals surface area contributed by atoms with Gasteiger partial charge in [0.2, 0.25) is 0 Å². The van der Waals surface area contributed by atoms with Gasteiger partial charge < -0.3 is 10.6 Å². The fourth-order valence-corrected chi connectivity index (χ4v) is 4.19. The summed E-state index contributed by atoms with van der Waals surface area (Å²) in [7, 11) is -3.99. The van der Waals surface area contributed by atoms with Crippen LogP contribution >= 0.6 is 12.2 Å². The molecule has 3 aromatic rings. The van der Waals surface area contributed by atoms with E-state index in [0.717, 1.165) is 24.9 Å². The zero-order chi connectivity index (χ0) is 23.0. The van der Waals surface area contributed by atoms with Gasteiger partial charge in [-0.2, -0.15) is 0 Å². The summed E-state index contributed by atoms with van der Waals surface area (Å²) in [6.07, 6.45) is 3.38. The average molecular weight is 468 g/mol. The molecule has 0 aliphatic heterocycles. The van der Waals surface area contributed by atoms with E-state index in [9.17, 15) is 13.2 Å². The molecule has 32 heavy (non-hydrogen) atoms. The second-order valence-electron chi connectivity index (χ2n) is 7.20. The number of anilines is 2. The SMILES string of the molecule is CCCCc1ccc(NC(=S)Nc2ccc(S(=O)(=O)NC(=O)c3ccccc3)cc2)cc1. The largest absolute Gasteiger partial charge is 0.332 e. The van der Waals surface area contributed by atoms with E-state index in [1.54, 1.807) is 42.5 Å². The summed E-state index contributed by atoms with van der Waals surface area (Å²) in [5.41, 5.74) is 3.04. The second-order valence-corrected chi connectivity index (χ2v) is 9.30. The molecular formula is C24H25N3O3S2. The predicted octanol–water partition coefficient (Wildman–Crippen LogP) is 4.96. The smallest absolute Gasteiger partial charge is 0.264 e. The van der Waals surface area contributed by atoms with Crippen LogP contribution in [0, 0.1) is 0 Å². The minimum Gasteiger partial charge on any atom is -0.332 e. The normalized spacial score (nSPS) is 10.9. The summed E-state index contributed by atoms with van der Waals surface area (Å²) < 4.78 is 27.1. The minimum atomic E-state index is -3.99. The van der Waals surface area contributed by atoms with Crippen molar-refractivity contribution in [2.75, 3.05) is 10.6 Å². The first-order valence-electron chi connectivity index (χ1n) is 10.3. The quantitative estimate of drug-likeness (QED) is 0.406. The van der Waals surface area contributed by atoms with Crippen molar-refractivity contribution in [3.63, 3.8) is 0 Å². The van der Waals surface area contributed by atoms with Crippen LogP contribution in [-0.4, -0.2) is 19.4 Å². The van der Waals surface area contributed by atoms with E-state index in [1.165, 1.54) is 17.7 Å². The monoisotopic (exact) mass is 467 g/mol. The Morgan fingerprint density at radius 3 is 1.97 bits per heavy atom. The lowest BCUT2D eigenvalue weighted by Crippen LogP contribution is -2.30. The van der Waals surface area contributed by atoms with Gasteiger partial charge >= 0.3 is 0 Å². The van der Waals surface area contributed by atoms with Crippen molar-refractivity contribution in [3.8, 4) is 0 Å². The standard InChI is InChI=1S/C24H25N3O3S2/c1-2-3-7-18-10-12-20(13-11-18)25-24(31)26-21-14-16-22(17-15-21)32(29,30)27-23(28)19-8-5-4-6-9-19/h4-6,8-17H,2-3,7H2,1H3,(H,27,28)(H2,25,26,31). The van der Waals surface area contributed by atoms with Crippen LogP contribution in [0.5, 0.6) is 0 Å². The van der Waals surface area contributed by atoms with E-state index in [4.69, 9.17) is 12.2 Å². The summed E-state index contributed by atoms with van der Waals surface area (Å²) in [6, 6.07) is 22.3. The highest BCUT2D eigenvalue weighted by molar-refractivity contribution is 7.90. The van der Waals surface area contributed by atoms with Crippen molar-refractivity contribution < 1.29 is 13.2 Å². The Morgan fingerprint density at radius 1 is 0.844 bits per heavy atom. The van der Waals surface area contributed by atoms with Crippen LogP contribution in [0.15, 0.2) is 83.8 Å². The van der Waals surface area contributed by atoms with Gasteiger partial charge in [0, 0.05) is 16.9 Å². The second kappa shape index (κ2) is 10.9. The molecule has 0 spiro atoms. The molecule has 8 heteroatoms. The Bertz CT molecular complexity index is 1160. The maximum atomic E-state index is 12.5. The molecule has 0 fully saturated rings. The summed E-state index contributed by atoms with van der Waals surface area (Å²) in [5, 5.41) is 6.52. The molecule has 0 heterocycles. The molecule has 166 valence electrons. The molecule has 0 unspecified atom stereocenters. The summed E-state index contributed by atoms with van der Waals surface area (Å²) in [5.74, 6) is -0.682. The highest BCUT2D eigenvalue weighted by Crippen LogP contribution is 2.16. The minimum absolute atomic E-state index is 0.0196. The Kier molecular flexibility index (Phi) is 7.97.